The van der Waals surface area contributed by atoms with E-state index >= 15 is 0 Å². The number of unbranched alkanes of at least 4 members (excludes halogenated alkanes) is 2. The minimum Gasteiger partial charge on any atom is -0.507 e. The second-order valence-electron chi connectivity index (χ2n) is 11.6. The molecule has 0 saturated heterocycles. The summed E-state index contributed by atoms with van der Waals surface area (Å²) in [5.74, 6) is 3.11. The number of aliphatic imine (C=N–C) groups is 2. The molecule has 0 heterocycles. The molecule has 8 nitrogen and oxygen atoms in total. The fourth-order valence-electron chi connectivity index (χ4n) is 4.67. The number of hydrogen-bond acceptors (Lipinski definition) is 6. The van der Waals surface area contributed by atoms with Crippen molar-refractivity contribution in [2.24, 2.45) is 21.8 Å². The molecule has 0 aromatic heterocycles. The van der Waals surface area contributed by atoms with Crippen LogP contribution in [0.3, 0.4) is 0 Å². The molecule has 8 heteroatoms. The first-order chi connectivity index (χ1) is 22.3. The van der Waals surface area contributed by atoms with Crippen molar-refractivity contribution in [2.45, 2.75) is 86.0 Å². The second-order valence-corrected chi connectivity index (χ2v) is 11.6. The number of phenols is 1. The number of nitrogens with one attached hydrogen (secondary N) is 1. The highest BCUT2D eigenvalue weighted by Crippen LogP contribution is 2.24. The number of aliphatic hydroxyl groups excluding tert-OH is 1. The van der Waals surface area contributed by atoms with Gasteiger partial charge in [-0.15, -0.1) is 0 Å². The lowest BCUT2D eigenvalue weighted by Gasteiger charge is -2.16. The monoisotopic (exact) mass is 633 g/mol. The van der Waals surface area contributed by atoms with E-state index in [-0.39, 0.29) is 24.0 Å². The van der Waals surface area contributed by atoms with Crippen molar-refractivity contribution in [2.75, 3.05) is 26.9 Å². The molecular formula is C38H55N3O5. The van der Waals surface area contributed by atoms with E-state index in [1.165, 1.54) is 25.5 Å². The van der Waals surface area contributed by atoms with Crippen LogP contribution in [0.5, 0.6) is 17.2 Å². The maximum Gasteiger partial charge on any atom is 0.161 e. The van der Waals surface area contributed by atoms with Gasteiger partial charge in [0.25, 0.3) is 0 Å². The van der Waals surface area contributed by atoms with Crippen LogP contribution in [0.1, 0.15) is 97.1 Å². The van der Waals surface area contributed by atoms with E-state index in [2.05, 4.69) is 37.7 Å². The van der Waals surface area contributed by atoms with Crippen molar-refractivity contribution in [1.29, 1.82) is 5.41 Å². The summed E-state index contributed by atoms with van der Waals surface area (Å²) in [4.78, 5) is 9.03. The van der Waals surface area contributed by atoms with E-state index in [1.807, 2.05) is 13.0 Å². The highest BCUT2D eigenvalue weighted by atomic mass is 16.5. The van der Waals surface area contributed by atoms with E-state index in [4.69, 9.17) is 19.6 Å². The standard InChI is InChI=1S/C38H55N3O5/c1-7-11-13-29(9-3)26-45-28(5)15-16-33(25-42)37(39)41-38(31-17-20-34(44-6)21-18-31)40-24-32-19-22-35(23-36(32)43)46-27-30(10-4)14-12-8-2/h15-24,29-30,39,42-43H,7-14,25-27H2,1-6H3/b28-15+,33-16+,39-37?,40-24?,41-38?. The van der Waals surface area contributed by atoms with E-state index in [9.17, 15) is 10.2 Å². The van der Waals surface area contributed by atoms with Gasteiger partial charge in [0.15, 0.2) is 11.7 Å². The molecule has 0 fully saturated rings. The molecule has 3 N–H and O–H groups in total. The molecule has 2 rings (SSSR count). The molecule has 0 radical (unpaired) electrons. The molecule has 0 bridgehead atoms. The fraction of sp³-hybridized carbons (Fsp3) is 0.500. The SMILES string of the molecule is CCCCC(CC)CO/C(C)=C/C=C(\CO)C(=N)N=C(N=Cc1ccc(OCC(CC)CCCC)cc1O)c1ccc(OC)cc1. The molecular weight excluding hydrogens is 578 g/mol. The zero-order valence-corrected chi connectivity index (χ0v) is 28.7. The van der Waals surface area contributed by atoms with Crippen LogP contribution in [0.25, 0.3) is 0 Å². The van der Waals surface area contributed by atoms with Crippen molar-refractivity contribution in [1.82, 2.24) is 0 Å². The van der Waals surface area contributed by atoms with Gasteiger partial charge in [0, 0.05) is 29.0 Å². The Balaban J connectivity index is 2.28. The van der Waals surface area contributed by atoms with Crippen molar-refractivity contribution in [3.8, 4) is 17.2 Å². The quantitative estimate of drug-likeness (QED) is 0.0583. The molecule has 2 aromatic rings. The van der Waals surface area contributed by atoms with E-state index in [1.54, 1.807) is 55.7 Å². The van der Waals surface area contributed by atoms with Gasteiger partial charge in [-0.05, 0) is 80.2 Å². The maximum absolute atomic E-state index is 10.7. The summed E-state index contributed by atoms with van der Waals surface area (Å²) in [6, 6.07) is 12.3. The van der Waals surface area contributed by atoms with Crippen molar-refractivity contribution in [3.05, 3.63) is 77.1 Å². The van der Waals surface area contributed by atoms with Crippen LogP contribution in [0.2, 0.25) is 0 Å². The minimum atomic E-state index is -0.376. The number of allylic oxidation sites excluding steroid dienone is 3. The molecule has 0 aliphatic carbocycles. The number of rotatable bonds is 20. The summed E-state index contributed by atoms with van der Waals surface area (Å²) in [7, 11) is 1.59. The average Bonchev–Trinajstić information content (AvgIpc) is 3.07. The van der Waals surface area contributed by atoms with Gasteiger partial charge in [0.05, 0.1) is 32.7 Å². The Labute approximate surface area is 276 Å². The summed E-state index contributed by atoms with van der Waals surface area (Å²) in [5, 5.41) is 29.5. The zero-order chi connectivity index (χ0) is 33.7. The molecule has 2 aromatic carbocycles. The molecule has 2 unspecified atom stereocenters. The normalized spacial score (nSPS) is 13.9. The number of hydrogen-bond donors (Lipinski definition) is 3. The van der Waals surface area contributed by atoms with Crippen LogP contribution < -0.4 is 9.47 Å². The first-order valence-electron chi connectivity index (χ1n) is 16.7. The van der Waals surface area contributed by atoms with Gasteiger partial charge in [-0.3, -0.25) is 5.41 Å². The lowest BCUT2D eigenvalue weighted by atomic mass is 10.0. The van der Waals surface area contributed by atoms with Crippen molar-refractivity contribution in [3.63, 3.8) is 0 Å². The third-order valence-electron chi connectivity index (χ3n) is 8.01. The first-order valence-corrected chi connectivity index (χ1v) is 16.7. The molecule has 252 valence electrons. The van der Waals surface area contributed by atoms with E-state index < -0.39 is 0 Å². The number of nitrogens with zero attached hydrogens (tertiary/aromatic N) is 2. The number of amidine groups is 2. The Morgan fingerprint density at radius 3 is 2.09 bits per heavy atom. The Bertz CT molecular complexity index is 1310. The number of phenolic OH excluding ortho intramolecular Hbond substituents is 1. The van der Waals surface area contributed by atoms with Crippen LogP contribution in [0.15, 0.2) is 75.9 Å². The number of benzene rings is 2. The third kappa shape index (κ3) is 13.6. The van der Waals surface area contributed by atoms with Gasteiger partial charge in [-0.25, -0.2) is 9.98 Å². The highest BCUT2D eigenvalue weighted by Gasteiger charge is 2.11. The van der Waals surface area contributed by atoms with Crippen molar-refractivity contribution >= 4 is 17.9 Å². The van der Waals surface area contributed by atoms with E-state index in [0.29, 0.717) is 59.0 Å². The Kier molecular flexibility index (Phi) is 18.1. The number of methoxy groups -OCH3 is 1. The molecule has 2 atom stereocenters. The largest absolute Gasteiger partial charge is 0.507 e. The van der Waals surface area contributed by atoms with Crippen LogP contribution >= 0.6 is 0 Å². The summed E-state index contributed by atoms with van der Waals surface area (Å²) < 4.78 is 17.2. The lowest BCUT2D eigenvalue weighted by molar-refractivity contribution is 0.157. The minimum absolute atomic E-state index is 0.0311. The smallest absolute Gasteiger partial charge is 0.161 e. The molecule has 0 amide bonds. The second kappa shape index (κ2) is 21.8. The number of ether oxygens (including phenoxy) is 3. The Hall–Kier alpha value is -3.91. The van der Waals surface area contributed by atoms with Gasteiger partial charge >= 0.3 is 0 Å². The average molecular weight is 634 g/mol. The van der Waals surface area contributed by atoms with Crippen LogP contribution in [-0.4, -0.2) is 55.0 Å². The maximum atomic E-state index is 10.7. The van der Waals surface area contributed by atoms with Crippen LogP contribution in [0.4, 0.5) is 0 Å². The highest BCUT2D eigenvalue weighted by molar-refractivity contribution is 6.13. The van der Waals surface area contributed by atoms with Gasteiger partial charge in [0.2, 0.25) is 0 Å². The molecule has 0 spiro atoms. The predicted molar refractivity (Wildman–Crippen MR) is 190 cm³/mol. The van der Waals surface area contributed by atoms with E-state index in [0.717, 1.165) is 32.1 Å². The van der Waals surface area contributed by atoms with Crippen LogP contribution in [-0.2, 0) is 4.74 Å². The number of aliphatic hydroxyl groups is 1. The number of aromatic hydroxyl groups is 1. The molecule has 46 heavy (non-hydrogen) atoms. The van der Waals surface area contributed by atoms with Crippen LogP contribution in [0, 0.1) is 17.2 Å². The van der Waals surface area contributed by atoms with Gasteiger partial charge in [-0.2, -0.15) is 0 Å². The summed E-state index contributed by atoms with van der Waals surface area (Å²) in [5.41, 5.74) is 1.44. The van der Waals surface area contributed by atoms with Gasteiger partial charge in [0.1, 0.15) is 17.2 Å². The summed E-state index contributed by atoms with van der Waals surface area (Å²) in [6.45, 7) is 11.5. The van der Waals surface area contributed by atoms with Gasteiger partial charge < -0.3 is 24.4 Å². The lowest BCUT2D eigenvalue weighted by Crippen LogP contribution is -2.11. The first kappa shape index (κ1) is 38.3. The predicted octanol–water partition coefficient (Wildman–Crippen LogP) is 8.89. The summed E-state index contributed by atoms with van der Waals surface area (Å²) >= 11 is 0. The molecule has 0 saturated carbocycles. The third-order valence-corrected chi connectivity index (χ3v) is 8.01. The van der Waals surface area contributed by atoms with Crippen molar-refractivity contribution < 1.29 is 24.4 Å². The topological polar surface area (TPSA) is 117 Å². The molecule has 0 aliphatic heterocycles. The molecule has 0 aliphatic rings. The fourth-order valence-corrected chi connectivity index (χ4v) is 4.67. The van der Waals surface area contributed by atoms with Gasteiger partial charge in [-0.1, -0.05) is 66.2 Å². The Morgan fingerprint density at radius 1 is 0.891 bits per heavy atom. The Morgan fingerprint density at radius 2 is 1.52 bits per heavy atom. The summed E-state index contributed by atoms with van der Waals surface area (Å²) in [6.07, 6.45) is 14.0. The zero-order valence-electron chi connectivity index (χ0n) is 28.7.